The Hall–Kier alpha value is -1.59. The van der Waals surface area contributed by atoms with Crippen molar-refractivity contribution in [3.8, 4) is 11.3 Å². The standard InChI is InChI=1S/C17H12Cl3N3S/c1-10(14-7-6-13(19)8-15(14)20)22-23-17-21-16(9-24-17)11-2-4-12(18)5-3-11/h2-9H,1H3,(H,21,23)/b22-10+. The maximum Gasteiger partial charge on any atom is 0.203 e. The molecule has 1 N–H and O–H groups in total. The van der Waals surface area contributed by atoms with E-state index >= 15 is 0 Å². The first-order chi connectivity index (χ1) is 11.5. The molecule has 2 aromatic carbocycles. The average molecular weight is 397 g/mol. The lowest BCUT2D eigenvalue weighted by Crippen LogP contribution is -2.00. The van der Waals surface area contributed by atoms with E-state index in [4.69, 9.17) is 34.8 Å². The van der Waals surface area contributed by atoms with Crippen molar-refractivity contribution in [2.45, 2.75) is 6.92 Å². The molecule has 24 heavy (non-hydrogen) atoms. The zero-order chi connectivity index (χ0) is 17.1. The fourth-order valence-electron chi connectivity index (χ4n) is 2.05. The second-order valence-electron chi connectivity index (χ2n) is 4.98. The van der Waals surface area contributed by atoms with Crippen LogP contribution < -0.4 is 5.43 Å². The van der Waals surface area contributed by atoms with E-state index in [-0.39, 0.29) is 0 Å². The first-order valence-electron chi connectivity index (χ1n) is 7.00. The van der Waals surface area contributed by atoms with Crippen molar-refractivity contribution in [3.63, 3.8) is 0 Å². The Bertz CT molecular complexity index is 888. The summed E-state index contributed by atoms with van der Waals surface area (Å²) in [6.45, 7) is 1.87. The van der Waals surface area contributed by atoms with Crippen molar-refractivity contribution in [1.29, 1.82) is 0 Å². The van der Waals surface area contributed by atoms with Crippen LogP contribution in [0.25, 0.3) is 11.3 Å². The molecular weight excluding hydrogens is 385 g/mol. The van der Waals surface area contributed by atoms with Crippen molar-refractivity contribution in [1.82, 2.24) is 4.98 Å². The number of nitrogens with zero attached hydrogens (tertiary/aromatic N) is 2. The summed E-state index contributed by atoms with van der Waals surface area (Å²) in [5.74, 6) is 0. The SMILES string of the molecule is C/C(=N\Nc1nc(-c2ccc(Cl)cc2)cs1)c1ccc(Cl)cc1Cl. The van der Waals surface area contributed by atoms with E-state index in [1.54, 1.807) is 12.1 Å². The molecule has 0 saturated heterocycles. The van der Waals surface area contributed by atoms with Crippen molar-refractivity contribution < 1.29 is 0 Å². The van der Waals surface area contributed by atoms with Crippen molar-refractivity contribution in [3.05, 3.63) is 68.5 Å². The van der Waals surface area contributed by atoms with Crippen LogP contribution >= 0.6 is 46.1 Å². The molecule has 1 aromatic heterocycles. The predicted octanol–water partition coefficient (Wildman–Crippen LogP) is 6.61. The molecule has 3 rings (SSSR count). The molecule has 0 aliphatic rings. The smallest absolute Gasteiger partial charge is 0.203 e. The van der Waals surface area contributed by atoms with Crippen LogP contribution in [-0.2, 0) is 0 Å². The molecule has 3 nitrogen and oxygen atoms in total. The fraction of sp³-hybridized carbons (Fsp3) is 0.0588. The highest BCUT2D eigenvalue weighted by molar-refractivity contribution is 7.14. The van der Waals surface area contributed by atoms with Gasteiger partial charge in [0.25, 0.3) is 0 Å². The summed E-state index contributed by atoms with van der Waals surface area (Å²) in [5, 5.41) is 8.86. The van der Waals surface area contributed by atoms with Gasteiger partial charge in [0, 0.05) is 26.6 Å². The molecule has 0 unspecified atom stereocenters. The lowest BCUT2D eigenvalue weighted by Gasteiger charge is -2.04. The molecule has 0 aliphatic carbocycles. The molecule has 0 atom stereocenters. The van der Waals surface area contributed by atoms with E-state index in [1.807, 2.05) is 42.6 Å². The van der Waals surface area contributed by atoms with Gasteiger partial charge in [-0.25, -0.2) is 4.98 Å². The van der Waals surface area contributed by atoms with Crippen LogP contribution in [0, 0.1) is 0 Å². The normalized spacial score (nSPS) is 11.6. The number of nitrogens with one attached hydrogen (secondary N) is 1. The third kappa shape index (κ3) is 4.08. The van der Waals surface area contributed by atoms with Gasteiger partial charge in [0.2, 0.25) is 5.13 Å². The van der Waals surface area contributed by atoms with Crippen LogP contribution in [0.5, 0.6) is 0 Å². The number of rotatable bonds is 4. The van der Waals surface area contributed by atoms with Gasteiger partial charge in [0.05, 0.1) is 16.4 Å². The minimum atomic E-state index is 0.562. The third-order valence-corrected chi connectivity index (χ3v) is 4.83. The Morgan fingerprint density at radius 2 is 1.75 bits per heavy atom. The fourth-order valence-corrected chi connectivity index (χ4v) is 3.39. The zero-order valence-corrected chi connectivity index (χ0v) is 15.6. The minimum Gasteiger partial charge on any atom is -0.252 e. The van der Waals surface area contributed by atoms with Crippen molar-refractivity contribution >= 4 is 57.0 Å². The molecule has 0 bridgehead atoms. The van der Waals surface area contributed by atoms with Crippen LogP contribution in [0.1, 0.15) is 12.5 Å². The number of hydrogen-bond donors (Lipinski definition) is 1. The second-order valence-corrected chi connectivity index (χ2v) is 7.12. The first kappa shape index (κ1) is 17.2. The summed E-state index contributed by atoms with van der Waals surface area (Å²) >= 11 is 19.5. The average Bonchev–Trinajstić information content (AvgIpc) is 3.02. The molecule has 0 fully saturated rings. The Morgan fingerprint density at radius 3 is 2.46 bits per heavy atom. The third-order valence-electron chi connectivity index (χ3n) is 3.28. The van der Waals surface area contributed by atoms with Gasteiger partial charge in [-0.05, 0) is 31.2 Å². The quantitative estimate of drug-likeness (QED) is 0.398. The number of benzene rings is 2. The highest BCUT2D eigenvalue weighted by atomic mass is 35.5. The molecule has 1 heterocycles. The summed E-state index contributed by atoms with van der Waals surface area (Å²) < 4.78 is 0. The van der Waals surface area contributed by atoms with Gasteiger partial charge < -0.3 is 0 Å². The first-order valence-corrected chi connectivity index (χ1v) is 9.01. The van der Waals surface area contributed by atoms with Gasteiger partial charge in [-0.2, -0.15) is 5.10 Å². The highest BCUT2D eigenvalue weighted by Crippen LogP contribution is 2.26. The number of hydrazone groups is 1. The van der Waals surface area contributed by atoms with Gasteiger partial charge >= 0.3 is 0 Å². The molecule has 122 valence electrons. The molecule has 3 aromatic rings. The van der Waals surface area contributed by atoms with Gasteiger partial charge in [0.1, 0.15) is 0 Å². The minimum absolute atomic E-state index is 0.562. The van der Waals surface area contributed by atoms with Gasteiger partial charge in [-0.15, -0.1) is 11.3 Å². The Balaban J connectivity index is 1.76. The van der Waals surface area contributed by atoms with Crippen LogP contribution in [0.3, 0.4) is 0 Å². The number of thiazole rings is 1. The molecule has 0 saturated carbocycles. The number of anilines is 1. The molecule has 0 spiro atoms. The Kier molecular flexibility index (Phi) is 5.41. The molecule has 0 aliphatic heterocycles. The van der Waals surface area contributed by atoms with Gasteiger partial charge in [-0.1, -0.05) is 53.0 Å². The molecule has 7 heteroatoms. The summed E-state index contributed by atoms with van der Waals surface area (Å²) in [5.41, 5.74) is 6.41. The lowest BCUT2D eigenvalue weighted by molar-refractivity contribution is 1.27. The summed E-state index contributed by atoms with van der Waals surface area (Å²) in [6, 6.07) is 12.9. The lowest BCUT2D eigenvalue weighted by atomic mass is 10.1. The predicted molar refractivity (Wildman–Crippen MR) is 105 cm³/mol. The van der Waals surface area contributed by atoms with E-state index in [2.05, 4.69) is 15.5 Å². The van der Waals surface area contributed by atoms with Crippen LogP contribution in [0.2, 0.25) is 15.1 Å². The Labute approximate surface area is 158 Å². The number of aromatic nitrogens is 1. The van der Waals surface area contributed by atoms with Gasteiger partial charge in [0.15, 0.2) is 0 Å². The van der Waals surface area contributed by atoms with Crippen molar-refractivity contribution in [2.24, 2.45) is 5.10 Å². The topological polar surface area (TPSA) is 37.3 Å². The summed E-state index contributed by atoms with van der Waals surface area (Å²) in [7, 11) is 0. The largest absolute Gasteiger partial charge is 0.252 e. The second kappa shape index (κ2) is 7.53. The van der Waals surface area contributed by atoms with E-state index < -0.39 is 0 Å². The molecular formula is C17H12Cl3N3S. The maximum absolute atomic E-state index is 6.19. The highest BCUT2D eigenvalue weighted by Gasteiger charge is 2.07. The number of halogens is 3. The van der Waals surface area contributed by atoms with E-state index in [0.29, 0.717) is 20.2 Å². The summed E-state index contributed by atoms with van der Waals surface area (Å²) in [4.78, 5) is 4.52. The number of hydrogen-bond acceptors (Lipinski definition) is 4. The maximum atomic E-state index is 6.19. The Morgan fingerprint density at radius 1 is 1.04 bits per heavy atom. The van der Waals surface area contributed by atoms with Crippen molar-refractivity contribution in [2.75, 3.05) is 5.43 Å². The monoisotopic (exact) mass is 395 g/mol. The van der Waals surface area contributed by atoms with E-state index in [9.17, 15) is 0 Å². The summed E-state index contributed by atoms with van der Waals surface area (Å²) in [6.07, 6.45) is 0. The van der Waals surface area contributed by atoms with Crippen LogP contribution in [0.4, 0.5) is 5.13 Å². The van der Waals surface area contributed by atoms with Crippen LogP contribution in [-0.4, -0.2) is 10.7 Å². The molecule has 0 amide bonds. The van der Waals surface area contributed by atoms with Gasteiger partial charge in [-0.3, -0.25) is 5.43 Å². The van der Waals surface area contributed by atoms with E-state index in [0.717, 1.165) is 22.5 Å². The van der Waals surface area contributed by atoms with E-state index in [1.165, 1.54) is 11.3 Å². The molecule has 0 radical (unpaired) electrons. The van der Waals surface area contributed by atoms with Crippen LogP contribution in [0.15, 0.2) is 52.9 Å². The zero-order valence-electron chi connectivity index (χ0n) is 12.6.